The fourth-order valence-corrected chi connectivity index (χ4v) is 4.95. The summed E-state index contributed by atoms with van der Waals surface area (Å²) in [6, 6.07) is 7.17. The van der Waals surface area contributed by atoms with E-state index in [1.165, 1.54) is 0 Å². The molecule has 1 aromatic carbocycles. The van der Waals surface area contributed by atoms with Gasteiger partial charge in [-0.3, -0.25) is 11.3 Å². The summed E-state index contributed by atoms with van der Waals surface area (Å²) in [5.41, 5.74) is 3.59. The molecule has 1 aromatic rings. The van der Waals surface area contributed by atoms with Gasteiger partial charge >= 0.3 is 0 Å². The van der Waals surface area contributed by atoms with Crippen LogP contribution in [-0.2, 0) is 16.3 Å². The summed E-state index contributed by atoms with van der Waals surface area (Å²) in [4.78, 5) is 0. The van der Waals surface area contributed by atoms with Crippen LogP contribution in [0, 0.1) is 0 Å². The van der Waals surface area contributed by atoms with Crippen molar-refractivity contribution in [2.24, 2.45) is 5.84 Å². The summed E-state index contributed by atoms with van der Waals surface area (Å²) in [6.07, 6.45) is 2.88. The molecule has 3 N–H and O–H groups in total. The van der Waals surface area contributed by atoms with Crippen molar-refractivity contribution >= 4 is 21.4 Å². The van der Waals surface area contributed by atoms with Crippen LogP contribution in [0.5, 0.6) is 0 Å². The molecule has 0 amide bonds. The molecule has 1 saturated heterocycles. The molecule has 0 spiro atoms. The van der Waals surface area contributed by atoms with Crippen LogP contribution in [0.4, 0.5) is 0 Å². The Hall–Kier alpha value is -0.620. The van der Waals surface area contributed by atoms with Crippen molar-refractivity contribution in [3.8, 4) is 0 Å². The van der Waals surface area contributed by atoms with Gasteiger partial charge in [-0.2, -0.15) is 0 Å². The zero-order valence-corrected chi connectivity index (χ0v) is 12.3. The van der Waals surface area contributed by atoms with Crippen molar-refractivity contribution in [1.82, 2.24) is 5.43 Å². The predicted octanol–water partition coefficient (Wildman–Crippen LogP) is 1.68. The Labute approximate surface area is 119 Å². The molecule has 1 fully saturated rings. The summed E-state index contributed by atoms with van der Waals surface area (Å²) in [6.45, 7) is 0. The number of hydrazine groups is 1. The number of nitrogens with two attached hydrogens (primary N) is 1. The van der Waals surface area contributed by atoms with E-state index < -0.39 is 15.1 Å². The summed E-state index contributed by atoms with van der Waals surface area (Å²) in [5, 5.41) is 0.235. The topological polar surface area (TPSA) is 72.2 Å². The molecule has 4 nitrogen and oxygen atoms in total. The number of benzene rings is 1. The van der Waals surface area contributed by atoms with Crippen LogP contribution in [-0.4, -0.2) is 25.5 Å². The van der Waals surface area contributed by atoms with E-state index in [1.54, 1.807) is 6.07 Å². The number of hydrogen-bond acceptors (Lipinski definition) is 4. The van der Waals surface area contributed by atoms with Crippen molar-refractivity contribution in [2.75, 3.05) is 5.75 Å². The van der Waals surface area contributed by atoms with Crippen molar-refractivity contribution < 1.29 is 8.42 Å². The van der Waals surface area contributed by atoms with Crippen molar-refractivity contribution in [1.29, 1.82) is 0 Å². The van der Waals surface area contributed by atoms with Gasteiger partial charge in [-0.15, -0.1) is 0 Å². The fourth-order valence-electron chi connectivity index (χ4n) is 2.63. The molecular weight excluding hydrogens is 284 g/mol. The molecule has 19 heavy (non-hydrogen) atoms. The second-order valence-electron chi connectivity index (χ2n) is 4.97. The molecular formula is C13H19ClN2O2S. The first-order valence-electron chi connectivity index (χ1n) is 6.45. The second-order valence-corrected chi connectivity index (χ2v) is 7.72. The van der Waals surface area contributed by atoms with E-state index in [-0.39, 0.29) is 11.8 Å². The Morgan fingerprint density at radius 3 is 2.74 bits per heavy atom. The molecule has 1 aliphatic rings. The van der Waals surface area contributed by atoms with Crippen LogP contribution < -0.4 is 11.3 Å². The van der Waals surface area contributed by atoms with Gasteiger partial charge in [0.2, 0.25) is 0 Å². The van der Waals surface area contributed by atoms with Gasteiger partial charge in [0.15, 0.2) is 9.84 Å². The highest BCUT2D eigenvalue weighted by molar-refractivity contribution is 7.92. The highest BCUT2D eigenvalue weighted by atomic mass is 35.5. The lowest BCUT2D eigenvalue weighted by Crippen LogP contribution is -2.50. The van der Waals surface area contributed by atoms with E-state index in [0.717, 1.165) is 18.4 Å². The SMILES string of the molecule is NNC(Cc1ccccc1Cl)C1CCCCS1(=O)=O. The molecule has 6 heteroatoms. The second kappa shape index (κ2) is 6.22. The quantitative estimate of drug-likeness (QED) is 0.656. The first-order valence-corrected chi connectivity index (χ1v) is 8.55. The third-order valence-electron chi connectivity index (χ3n) is 3.69. The van der Waals surface area contributed by atoms with Crippen LogP contribution in [0.15, 0.2) is 24.3 Å². The lowest BCUT2D eigenvalue weighted by atomic mass is 10.00. The maximum Gasteiger partial charge on any atom is 0.154 e. The summed E-state index contributed by atoms with van der Waals surface area (Å²) in [7, 11) is -3.05. The minimum absolute atomic E-state index is 0.262. The third kappa shape index (κ3) is 3.48. The maximum absolute atomic E-state index is 12.1. The van der Waals surface area contributed by atoms with Crippen molar-refractivity contribution in [2.45, 2.75) is 37.0 Å². The standard InChI is InChI=1S/C13H19ClN2O2S/c14-11-6-2-1-5-10(11)9-12(16-15)13-7-3-4-8-19(13,17)18/h1-2,5-6,12-13,16H,3-4,7-9,15H2. The lowest BCUT2D eigenvalue weighted by molar-refractivity contribution is 0.440. The zero-order valence-electron chi connectivity index (χ0n) is 10.7. The Morgan fingerprint density at radius 1 is 1.37 bits per heavy atom. The van der Waals surface area contributed by atoms with Gasteiger partial charge in [-0.25, -0.2) is 8.42 Å². The molecule has 2 rings (SSSR count). The number of nitrogens with one attached hydrogen (secondary N) is 1. The van der Waals surface area contributed by atoms with Gasteiger partial charge in [0.05, 0.1) is 11.0 Å². The van der Waals surface area contributed by atoms with E-state index in [4.69, 9.17) is 17.4 Å². The van der Waals surface area contributed by atoms with Gasteiger partial charge < -0.3 is 0 Å². The minimum Gasteiger partial charge on any atom is -0.271 e. The van der Waals surface area contributed by atoms with Crippen molar-refractivity contribution in [3.63, 3.8) is 0 Å². The Balaban J connectivity index is 2.18. The zero-order chi connectivity index (χ0) is 13.9. The largest absolute Gasteiger partial charge is 0.271 e. The van der Waals surface area contributed by atoms with E-state index in [9.17, 15) is 8.42 Å². The van der Waals surface area contributed by atoms with Gasteiger partial charge in [-0.1, -0.05) is 36.2 Å². The molecule has 0 aromatic heterocycles. The Bertz CT molecular complexity index is 533. The monoisotopic (exact) mass is 302 g/mol. The van der Waals surface area contributed by atoms with E-state index in [0.29, 0.717) is 17.9 Å². The first-order chi connectivity index (χ1) is 9.04. The normalized spacial score (nSPS) is 24.0. The minimum atomic E-state index is -3.05. The molecule has 0 radical (unpaired) electrons. The fraction of sp³-hybridized carbons (Fsp3) is 0.538. The Morgan fingerprint density at radius 2 is 2.11 bits per heavy atom. The van der Waals surface area contributed by atoms with Crippen LogP contribution >= 0.6 is 11.6 Å². The van der Waals surface area contributed by atoms with Crippen LogP contribution in [0.25, 0.3) is 0 Å². The van der Waals surface area contributed by atoms with Gasteiger partial charge in [0.1, 0.15) is 0 Å². The number of rotatable bonds is 4. The van der Waals surface area contributed by atoms with Crippen LogP contribution in [0.3, 0.4) is 0 Å². The lowest BCUT2D eigenvalue weighted by Gasteiger charge is -2.29. The smallest absolute Gasteiger partial charge is 0.154 e. The third-order valence-corrected chi connectivity index (χ3v) is 6.40. The van der Waals surface area contributed by atoms with Crippen LogP contribution in [0.2, 0.25) is 5.02 Å². The number of halogens is 1. The van der Waals surface area contributed by atoms with Gasteiger partial charge in [0, 0.05) is 11.1 Å². The summed E-state index contributed by atoms with van der Waals surface area (Å²) in [5.74, 6) is 5.83. The molecule has 2 atom stereocenters. The molecule has 0 aliphatic carbocycles. The van der Waals surface area contributed by atoms with Crippen LogP contribution in [0.1, 0.15) is 24.8 Å². The number of hydrogen-bond donors (Lipinski definition) is 2. The Kier molecular flexibility index (Phi) is 4.84. The van der Waals surface area contributed by atoms with Crippen molar-refractivity contribution in [3.05, 3.63) is 34.9 Å². The predicted molar refractivity (Wildman–Crippen MR) is 77.7 cm³/mol. The number of sulfone groups is 1. The maximum atomic E-state index is 12.1. The molecule has 106 valence electrons. The molecule has 0 saturated carbocycles. The highest BCUT2D eigenvalue weighted by Gasteiger charge is 2.35. The summed E-state index contributed by atoms with van der Waals surface area (Å²) < 4.78 is 24.3. The summed E-state index contributed by atoms with van der Waals surface area (Å²) >= 11 is 6.12. The van der Waals surface area contributed by atoms with Gasteiger partial charge in [0.25, 0.3) is 0 Å². The first kappa shape index (κ1) is 14.8. The molecule has 1 heterocycles. The molecule has 0 bridgehead atoms. The average molecular weight is 303 g/mol. The molecule has 2 unspecified atom stereocenters. The van der Waals surface area contributed by atoms with E-state index in [1.807, 2.05) is 18.2 Å². The molecule has 1 aliphatic heterocycles. The van der Waals surface area contributed by atoms with Gasteiger partial charge in [-0.05, 0) is 30.9 Å². The average Bonchev–Trinajstić information content (AvgIpc) is 2.38. The highest BCUT2D eigenvalue weighted by Crippen LogP contribution is 2.25. The van der Waals surface area contributed by atoms with E-state index in [2.05, 4.69) is 5.43 Å². The van der Waals surface area contributed by atoms with E-state index >= 15 is 0 Å².